The van der Waals surface area contributed by atoms with E-state index >= 15 is 0 Å². The monoisotopic (exact) mass is 334 g/mol. The standard InChI is InChI=1S/C21H22N2O2/c1-14(2)16-8-10-17(11-9-16)22-20(24)13-23-19-7-5-4-6-18(19)15(3)12-21(23)25/h4-12,14H,13H2,1-3H3,(H,22,24). The maximum Gasteiger partial charge on any atom is 0.251 e. The number of fused-ring (bicyclic) bond motifs is 1. The van der Waals surface area contributed by atoms with Crippen molar-refractivity contribution in [1.82, 2.24) is 4.57 Å². The summed E-state index contributed by atoms with van der Waals surface area (Å²) >= 11 is 0. The number of benzene rings is 2. The Morgan fingerprint density at radius 2 is 1.76 bits per heavy atom. The van der Waals surface area contributed by atoms with Gasteiger partial charge in [-0.3, -0.25) is 14.2 Å². The molecule has 1 N–H and O–H groups in total. The van der Waals surface area contributed by atoms with Gasteiger partial charge in [-0.25, -0.2) is 0 Å². The number of pyridine rings is 1. The number of hydrogen-bond acceptors (Lipinski definition) is 2. The van der Waals surface area contributed by atoms with E-state index in [2.05, 4.69) is 19.2 Å². The zero-order valence-corrected chi connectivity index (χ0v) is 14.7. The molecule has 0 atom stereocenters. The topological polar surface area (TPSA) is 51.1 Å². The lowest BCUT2D eigenvalue weighted by Crippen LogP contribution is -2.27. The Hall–Kier alpha value is -2.88. The minimum absolute atomic E-state index is 0.00837. The average Bonchev–Trinajstić information content (AvgIpc) is 2.59. The van der Waals surface area contributed by atoms with Gasteiger partial charge in [0.05, 0.1) is 5.52 Å². The van der Waals surface area contributed by atoms with Crippen LogP contribution in [-0.2, 0) is 11.3 Å². The predicted molar refractivity (Wildman–Crippen MR) is 102 cm³/mol. The molecule has 1 aromatic heterocycles. The first kappa shape index (κ1) is 17.0. The molecule has 0 aliphatic carbocycles. The number of carbonyl (C=O) groups is 1. The molecule has 0 bridgehead atoms. The van der Waals surface area contributed by atoms with Crippen LogP contribution >= 0.6 is 0 Å². The Bertz CT molecular complexity index is 969. The van der Waals surface area contributed by atoms with E-state index < -0.39 is 0 Å². The molecule has 2 aromatic carbocycles. The van der Waals surface area contributed by atoms with Crippen molar-refractivity contribution in [3.05, 3.63) is 76.1 Å². The third kappa shape index (κ3) is 3.63. The van der Waals surface area contributed by atoms with E-state index in [1.807, 2.05) is 55.5 Å². The lowest BCUT2D eigenvalue weighted by molar-refractivity contribution is -0.116. The summed E-state index contributed by atoms with van der Waals surface area (Å²) in [5.41, 5.74) is 3.48. The highest BCUT2D eigenvalue weighted by Gasteiger charge is 2.10. The maximum absolute atomic E-state index is 12.4. The van der Waals surface area contributed by atoms with E-state index in [1.165, 1.54) is 10.1 Å². The van der Waals surface area contributed by atoms with Crippen LogP contribution < -0.4 is 10.9 Å². The molecular weight excluding hydrogens is 312 g/mol. The number of aromatic nitrogens is 1. The summed E-state index contributed by atoms with van der Waals surface area (Å²) < 4.78 is 1.51. The highest BCUT2D eigenvalue weighted by atomic mass is 16.2. The van der Waals surface area contributed by atoms with Crippen molar-refractivity contribution in [3.63, 3.8) is 0 Å². The molecule has 4 nitrogen and oxygen atoms in total. The van der Waals surface area contributed by atoms with Gasteiger partial charge < -0.3 is 5.32 Å². The van der Waals surface area contributed by atoms with Crippen LogP contribution in [0.1, 0.15) is 30.9 Å². The van der Waals surface area contributed by atoms with Gasteiger partial charge >= 0.3 is 0 Å². The fraction of sp³-hybridized carbons (Fsp3) is 0.238. The Balaban J connectivity index is 1.84. The molecule has 0 aliphatic heterocycles. The highest BCUT2D eigenvalue weighted by Crippen LogP contribution is 2.18. The molecule has 4 heteroatoms. The molecular formula is C21H22N2O2. The fourth-order valence-corrected chi connectivity index (χ4v) is 2.96. The van der Waals surface area contributed by atoms with Crippen LogP contribution in [0, 0.1) is 6.92 Å². The summed E-state index contributed by atoms with van der Waals surface area (Å²) in [5, 5.41) is 3.85. The molecule has 25 heavy (non-hydrogen) atoms. The summed E-state index contributed by atoms with van der Waals surface area (Å²) in [6.45, 7) is 6.15. The summed E-state index contributed by atoms with van der Waals surface area (Å²) in [4.78, 5) is 24.8. The Morgan fingerprint density at radius 3 is 2.44 bits per heavy atom. The summed E-state index contributed by atoms with van der Waals surface area (Å²) in [7, 11) is 0. The summed E-state index contributed by atoms with van der Waals surface area (Å²) in [6, 6.07) is 17.0. The van der Waals surface area contributed by atoms with Crippen LogP contribution in [0.15, 0.2) is 59.4 Å². The quantitative estimate of drug-likeness (QED) is 0.782. The molecule has 0 fully saturated rings. The van der Waals surface area contributed by atoms with Gasteiger partial charge in [0.2, 0.25) is 5.91 Å². The number of amides is 1. The van der Waals surface area contributed by atoms with Crippen LogP contribution in [0.5, 0.6) is 0 Å². The van der Waals surface area contributed by atoms with Crippen LogP contribution in [0.4, 0.5) is 5.69 Å². The zero-order valence-electron chi connectivity index (χ0n) is 14.7. The number of hydrogen-bond donors (Lipinski definition) is 1. The fourth-order valence-electron chi connectivity index (χ4n) is 2.96. The van der Waals surface area contributed by atoms with Gasteiger partial charge in [-0.1, -0.05) is 44.2 Å². The smallest absolute Gasteiger partial charge is 0.251 e. The first-order chi connectivity index (χ1) is 12.0. The normalized spacial score (nSPS) is 11.0. The van der Waals surface area contributed by atoms with Crippen molar-refractivity contribution in [1.29, 1.82) is 0 Å². The van der Waals surface area contributed by atoms with E-state index in [9.17, 15) is 9.59 Å². The number of carbonyl (C=O) groups excluding carboxylic acids is 1. The minimum Gasteiger partial charge on any atom is -0.325 e. The molecule has 0 unspecified atom stereocenters. The number of para-hydroxylation sites is 1. The predicted octanol–water partition coefficient (Wildman–Crippen LogP) is 4.07. The molecule has 0 spiro atoms. The van der Waals surface area contributed by atoms with Crippen molar-refractivity contribution in [3.8, 4) is 0 Å². The second kappa shape index (κ2) is 6.93. The van der Waals surface area contributed by atoms with Crippen LogP contribution in [0.2, 0.25) is 0 Å². The highest BCUT2D eigenvalue weighted by molar-refractivity contribution is 5.92. The molecule has 128 valence electrons. The van der Waals surface area contributed by atoms with Gasteiger partial charge in [-0.2, -0.15) is 0 Å². The lowest BCUT2D eigenvalue weighted by Gasteiger charge is -2.12. The van der Waals surface area contributed by atoms with Crippen molar-refractivity contribution in [2.45, 2.75) is 33.2 Å². The van der Waals surface area contributed by atoms with E-state index in [0.717, 1.165) is 22.2 Å². The third-order valence-corrected chi connectivity index (χ3v) is 4.39. The molecule has 0 aliphatic rings. The molecule has 1 heterocycles. The lowest BCUT2D eigenvalue weighted by atomic mass is 10.0. The molecule has 0 saturated heterocycles. The summed E-state index contributed by atoms with van der Waals surface area (Å²) in [6.07, 6.45) is 0. The van der Waals surface area contributed by atoms with Gasteiger partial charge in [0.25, 0.3) is 5.56 Å². The number of nitrogens with one attached hydrogen (secondary N) is 1. The number of anilines is 1. The van der Waals surface area contributed by atoms with Gasteiger partial charge in [0, 0.05) is 17.1 Å². The maximum atomic E-state index is 12.4. The van der Waals surface area contributed by atoms with Crippen molar-refractivity contribution in [2.75, 3.05) is 5.32 Å². The Kier molecular flexibility index (Phi) is 4.70. The van der Waals surface area contributed by atoms with Gasteiger partial charge in [0.15, 0.2) is 0 Å². The van der Waals surface area contributed by atoms with E-state index in [4.69, 9.17) is 0 Å². The SMILES string of the molecule is Cc1cc(=O)n(CC(=O)Nc2ccc(C(C)C)cc2)c2ccccc12. The Labute approximate surface area is 147 Å². The van der Waals surface area contributed by atoms with Gasteiger partial charge in [0.1, 0.15) is 6.54 Å². The van der Waals surface area contributed by atoms with Crippen LogP contribution in [0.3, 0.4) is 0 Å². The zero-order chi connectivity index (χ0) is 18.0. The van der Waals surface area contributed by atoms with Crippen molar-refractivity contribution in [2.24, 2.45) is 0 Å². The van der Waals surface area contributed by atoms with Crippen molar-refractivity contribution >= 4 is 22.5 Å². The molecule has 1 amide bonds. The molecule has 0 saturated carbocycles. The van der Waals surface area contributed by atoms with E-state index in [0.29, 0.717) is 5.92 Å². The largest absolute Gasteiger partial charge is 0.325 e. The van der Waals surface area contributed by atoms with Crippen LogP contribution in [-0.4, -0.2) is 10.5 Å². The van der Waals surface area contributed by atoms with E-state index in [1.54, 1.807) is 6.07 Å². The van der Waals surface area contributed by atoms with Gasteiger partial charge in [-0.05, 0) is 42.2 Å². The van der Waals surface area contributed by atoms with Crippen molar-refractivity contribution < 1.29 is 4.79 Å². The minimum atomic E-state index is -0.214. The average molecular weight is 334 g/mol. The first-order valence-electron chi connectivity index (χ1n) is 8.44. The third-order valence-electron chi connectivity index (χ3n) is 4.39. The van der Waals surface area contributed by atoms with Crippen LogP contribution in [0.25, 0.3) is 10.9 Å². The second-order valence-electron chi connectivity index (χ2n) is 6.59. The number of rotatable bonds is 4. The molecule has 3 aromatic rings. The van der Waals surface area contributed by atoms with Gasteiger partial charge in [-0.15, -0.1) is 0 Å². The molecule has 0 radical (unpaired) electrons. The number of nitrogens with zero attached hydrogens (tertiary/aromatic N) is 1. The Morgan fingerprint density at radius 1 is 1.08 bits per heavy atom. The summed E-state index contributed by atoms with van der Waals surface area (Å²) in [5.74, 6) is 0.232. The van der Waals surface area contributed by atoms with E-state index in [-0.39, 0.29) is 18.0 Å². The molecule has 3 rings (SSSR count). The number of aryl methyl sites for hydroxylation is 1. The first-order valence-corrected chi connectivity index (χ1v) is 8.44. The second-order valence-corrected chi connectivity index (χ2v) is 6.59.